The molecule has 100 valence electrons. The molecule has 2 heterocycles. The largest absolute Gasteiger partial charge is 0.367 e. The van der Waals surface area contributed by atoms with Gasteiger partial charge in [-0.2, -0.15) is 0 Å². The Morgan fingerprint density at radius 3 is 2.89 bits per heavy atom. The summed E-state index contributed by atoms with van der Waals surface area (Å²) in [5.41, 5.74) is 2.00. The molecule has 1 fully saturated rings. The van der Waals surface area contributed by atoms with E-state index in [-0.39, 0.29) is 18.0 Å². The molecule has 1 aliphatic heterocycles. The molecule has 2 unspecified atom stereocenters. The van der Waals surface area contributed by atoms with Crippen molar-refractivity contribution in [2.75, 3.05) is 0 Å². The van der Waals surface area contributed by atoms with Crippen molar-refractivity contribution >= 4 is 16.8 Å². The van der Waals surface area contributed by atoms with E-state index >= 15 is 0 Å². The molecule has 4 heteroatoms. The lowest BCUT2D eigenvalue weighted by atomic mass is 10.1. The summed E-state index contributed by atoms with van der Waals surface area (Å²) in [6.07, 6.45) is 2.12. The number of carbonyl (C=O) groups excluding carboxylic acids is 1. The first-order valence-electron chi connectivity index (χ1n) is 6.73. The van der Waals surface area contributed by atoms with Crippen molar-refractivity contribution in [2.24, 2.45) is 7.05 Å². The van der Waals surface area contributed by atoms with Gasteiger partial charge in [0, 0.05) is 7.05 Å². The number of ether oxygens (including phenoxy) is 1. The fourth-order valence-electron chi connectivity index (χ4n) is 2.66. The van der Waals surface area contributed by atoms with Crippen molar-refractivity contribution in [3.63, 3.8) is 0 Å². The number of imidazole rings is 1. The molecule has 2 aromatic rings. The van der Waals surface area contributed by atoms with Crippen LogP contribution in [0.2, 0.25) is 0 Å². The minimum atomic E-state index is -0.241. The fraction of sp³-hybridized carbons (Fsp3) is 0.467. The van der Waals surface area contributed by atoms with Crippen LogP contribution in [-0.2, 0) is 23.0 Å². The molecule has 1 saturated heterocycles. The van der Waals surface area contributed by atoms with Crippen molar-refractivity contribution in [1.29, 1.82) is 0 Å². The molecule has 3 rings (SSSR count). The van der Waals surface area contributed by atoms with E-state index in [1.165, 1.54) is 0 Å². The van der Waals surface area contributed by atoms with Crippen LogP contribution in [0.4, 0.5) is 0 Å². The number of hydrogen-bond acceptors (Lipinski definition) is 3. The Bertz CT molecular complexity index is 618. The Kier molecular flexibility index (Phi) is 3.11. The Balaban J connectivity index is 1.81. The molecule has 0 bridgehead atoms. The van der Waals surface area contributed by atoms with Gasteiger partial charge in [0.15, 0.2) is 5.78 Å². The summed E-state index contributed by atoms with van der Waals surface area (Å²) in [6, 6.07) is 7.93. The number of para-hydroxylation sites is 2. The summed E-state index contributed by atoms with van der Waals surface area (Å²) in [6.45, 7) is 2.02. The van der Waals surface area contributed by atoms with Gasteiger partial charge >= 0.3 is 0 Å². The van der Waals surface area contributed by atoms with Gasteiger partial charge in [-0.3, -0.25) is 4.79 Å². The van der Waals surface area contributed by atoms with Gasteiger partial charge in [-0.15, -0.1) is 0 Å². The van der Waals surface area contributed by atoms with E-state index in [9.17, 15) is 4.79 Å². The average Bonchev–Trinajstić information content (AvgIpc) is 2.96. The highest BCUT2D eigenvalue weighted by atomic mass is 16.5. The van der Waals surface area contributed by atoms with Crippen molar-refractivity contribution < 1.29 is 9.53 Å². The molecule has 0 spiro atoms. The molecule has 4 nitrogen and oxygen atoms in total. The van der Waals surface area contributed by atoms with Crippen LogP contribution in [-0.4, -0.2) is 27.5 Å². The molecule has 0 aliphatic carbocycles. The van der Waals surface area contributed by atoms with Crippen LogP contribution >= 0.6 is 0 Å². The number of hydrogen-bond donors (Lipinski definition) is 0. The van der Waals surface area contributed by atoms with Gasteiger partial charge in [0.2, 0.25) is 0 Å². The molecule has 0 N–H and O–H groups in total. The topological polar surface area (TPSA) is 44.1 Å². The Morgan fingerprint density at radius 2 is 2.21 bits per heavy atom. The van der Waals surface area contributed by atoms with Gasteiger partial charge in [0.25, 0.3) is 0 Å². The van der Waals surface area contributed by atoms with Crippen LogP contribution in [0.25, 0.3) is 11.0 Å². The van der Waals surface area contributed by atoms with E-state index in [0.717, 1.165) is 29.7 Å². The van der Waals surface area contributed by atoms with Crippen LogP contribution in [0, 0.1) is 0 Å². The molecular weight excluding hydrogens is 240 g/mol. The van der Waals surface area contributed by atoms with E-state index in [1.807, 2.05) is 42.8 Å². The lowest BCUT2D eigenvalue weighted by Gasteiger charge is -2.09. The monoisotopic (exact) mass is 258 g/mol. The third kappa shape index (κ3) is 2.28. The van der Waals surface area contributed by atoms with Crippen molar-refractivity contribution in [1.82, 2.24) is 9.55 Å². The van der Waals surface area contributed by atoms with Gasteiger partial charge in [-0.1, -0.05) is 12.1 Å². The molecule has 19 heavy (non-hydrogen) atoms. The van der Waals surface area contributed by atoms with E-state index in [0.29, 0.717) is 6.42 Å². The summed E-state index contributed by atoms with van der Waals surface area (Å²) >= 11 is 0. The molecule has 2 atom stereocenters. The first kappa shape index (κ1) is 12.4. The standard InChI is InChI=1S/C15H18N2O2/c1-10-7-8-14(19-10)13(18)9-15-16-11-5-3-4-6-12(11)17(15)2/h3-6,10,14H,7-9H2,1-2H3. The van der Waals surface area contributed by atoms with Crippen LogP contribution in [0.1, 0.15) is 25.6 Å². The van der Waals surface area contributed by atoms with Gasteiger partial charge in [-0.25, -0.2) is 4.98 Å². The van der Waals surface area contributed by atoms with Crippen LogP contribution in [0.5, 0.6) is 0 Å². The first-order chi connectivity index (χ1) is 9.15. The fourth-order valence-corrected chi connectivity index (χ4v) is 2.66. The minimum Gasteiger partial charge on any atom is -0.367 e. The maximum atomic E-state index is 12.2. The number of carbonyl (C=O) groups is 1. The number of nitrogens with zero attached hydrogens (tertiary/aromatic N) is 2. The van der Waals surface area contributed by atoms with Gasteiger partial charge in [0.05, 0.1) is 23.6 Å². The zero-order valence-corrected chi connectivity index (χ0v) is 11.3. The summed E-state index contributed by atoms with van der Waals surface area (Å²) in [5, 5.41) is 0. The number of rotatable bonds is 3. The number of fused-ring (bicyclic) bond motifs is 1. The smallest absolute Gasteiger partial charge is 0.169 e. The Morgan fingerprint density at radius 1 is 1.42 bits per heavy atom. The quantitative estimate of drug-likeness (QED) is 0.848. The van der Waals surface area contributed by atoms with Gasteiger partial charge in [0.1, 0.15) is 11.9 Å². The molecular formula is C15H18N2O2. The summed E-state index contributed by atoms with van der Waals surface area (Å²) < 4.78 is 7.61. The zero-order valence-electron chi connectivity index (χ0n) is 11.3. The number of aryl methyl sites for hydroxylation is 1. The maximum absolute atomic E-state index is 12.2. The van der Waals surface area contributed by atoms with Crippen molar-refractivity contribution in [3.8, 4) is 0 Å². The normalized spacial score (nSPS) is 23.1. The third-order valence-corrected chi connectivity index (χ3v) is 3.80. The number of Topliss-reactive ketones (excluding diaryl/α,β-unsaturated/α-hetero) is 1. The maximum Gasteiger partial charge on any atom is 0.169 e. The zero-order chi connectivity index (χ0) is 13.4. The highest BCUT2D eigenvalue weighted by Gasteiger charge is 2.28. The second-order valence-electron chi connectivity index (χ2n) is 5.23. The second kappa shape index (κ2) is 4.78. The number of aromatic nitrogens is 2. The summed E-state index contributed by atoms with van der Waals surface area (Å²) in [7, 11) is 1.95. The molecule has 0 radical (unpaired) electrons. The van der Waals surface area contributed by atoms with Crippen molar-refractivity contribution in [2.45, 2.75) is 38.4 Å². The Hall–Kier alpha value is -1.68. The van der Waals surface area contributed by atoms with Crippen LogP contribution < -0.4 is 0 Å². The predicted octanol–water partition coefficient (Wildman–Crippen LogP) is 2.25. The van der Waals surface area contributed by atoms with E-state index < -0.39 is 0 Å². The molecule has 1 aromatic heterocycles. The molecule has 1 aliphatic rings. The lowest BCUT2D eigenvalue weighted by molar-refractivity contribution is -0.128. The molecule has 0 amide bonds. The van der Waals surface area contributed by atoms with Crippen LogP contribution in [0.3, 0.4) is 0 Å². The lowest BCUT2D eigenvalue weighted by Crippen LogP contribution is -2.23. The Labute approximate surface area is 112 Å². The SMILES string of the molecule is CC1CCC(C(=O)Cc2nc3ccccc3n2C)O1. The van der Waals surface area contributed by atoms with Gasteiger partial charge < -0.3 is 9.30 Å². The highest BCUT2D eigenvalue weighted by Crippen LogP contribution is 2.22. The summed E-state index contributed by atoms with van der Waals surface area (Å²) in [4.78, 5) is 16.7. The van der Waals surface area contributed by atoms with E-state index in [2.05, 4.69) is 4.98 Å². The minimum absolute atomic E-state index is 0.141. The van der Waals surface area contributed by atoms with E-state index in [1.54, 1.807) is 0 Å². The predicted molar refractivity (Wildman–Crippen MR) is 73.0 cm³/mol. The number of ketones is 1. The number of benzene rings is 1. The molecule has 0 saturated carbocycles. The average molecular weight is 258 g/mol. The second-order valence-corrected chi connectivity index (χ2v) is 5.23. The highest BCUT2D eigenvalue weighted by molar-refractivity contribution is 5.86. The van der Waals surface area contributed by atoms with Crippen molar-refractivity contribution in [3.05, 3.63) is 30.1 Å². The third-order valence-electron chi connectivity index (χ3n) is 3.80. The summed E-state index contributed by atoms with van der Waals surface area (Å²) in [5.74, 6) is 0.956. The molecule has 1 aromatic carbocycles. The first-order valence-corrected chi connectivity index (χ1v) is 6.73. The van der Waals surface area contributed by atoms with Crippen LogP contribution in [0.15, 0.2) is 24.3 Å². The van der Waals surface area contributed by atoms with Gasteiger partial charge in [-0.05, 0) is 31.9 Å². The van der Waals surface area contributed by atoms with E-state index in [4.69, 9.17) is 4.74 Å².